The van der Waals surface area contributed by atoms with E-state index < -0.39 is 0 Å². The molecule has 0 saturated heterocycles. The lowest BCUT2D eigenvalue weighted by Crippen LogP contribution is -2.13. The number of thiophene rings is 1. The molecule has 2 heterocycles. The summed E-state index contributed by atoms with van der Waals surface area (Å²) < 4.78 is 0. The van der Waals surface area contributed by atoms with Crippen molar-refractivity contribution in [1.82, 2.24) is 9.97 Å². The van der Waals surface area contributed by atoms with E-state index in [0.717, 1.165) is 39.9 Å². The zero-order valence-corrected chi connectivity index (χ0v) is 13.8. The Kier molecular flexibility index (Phi) is 3.91. The van der Waals surface area contributed by atoms with Crippen LogP contribution >= 0.6 is 23.1 Å². The first kappa shape index (κ1) is 14.1. The molecule has 108 valence electrons. The van der Waals surface area contributed by atoms with Gasteiger partial charge in [-0.1, -0.05) is 32.5 Å². The van der Waals surface area contributed by atoms with Crippen LogP contribution in [0, 0.1) is 11.8 Å². The summed E-state index contributed by atoms with van der Waals surface area (Å²) >= 11 is 3.37. The lowest BCUT2D eigenvalue weighted by Gasteiger charge is -2.17. The molecule has 3 nitrogen and oxygen atoms in total. The summed E-state index contributed by atoms with van der Waals surface area (Å²) in [7, 11) is 0. The summed E-state index contributed by atoms with van der Waals surface area (Å²) in [6, 6.07) is 0. The van der Waals surface area contributed by atoms with E-state index in [1.54, 1.807) is 23.1 Å². The van der Waals surface area contributed by atoms with E-state index in [-0.39, 0.29) is 5.56 Å². The van der Waals surface area contributed by atoms with Crippen molar-refractivity contribution in [3.05, 3.63) is 20.8 Å². The number of aryl methyl sites for hydroxylation is 1. The molecule has 1 aliphatic carbocycles. The SMILES string of the molecule is CC(C)CSc1nc2sc3c(c2c(=O)[nH]1)CCC(C)C3. The van der Waals surface area contributed by atoms with Gasteiger partial charge >= 0.3 is 0 Å². The Hall–Kier alpha value is -0.810. The predicted octanol–water partition coefficient (Wildman–Crippen LogP) is 3.86. The first-order valence-corrected chi connectivity index (χ1v) is 9.02. The van der Waals surface area contributed by atoms with E-state index >= 15 is 0 Å². The Bertz CT molecular complexity index is 687. The number of hydrogen-bond acceptors (Lipinski definition) is 4. The van der Waals surface area contributed by atoms with Crippen LogP contribution in [0.5, 0.6) is 0 Å². The molecule has 1 unspecified atom stereocenters. The third kappa shape index (κ3) is 2.66. The van der Waals surface area contributed by atoms with Crippen LogP contribution in [0.1, 0.15) is 37.6 Å². The van der Waals surface area contributed by atoms with Crippen LogP contribution in [0.15, 0.2) is 9.95 Å². The molecule has 0 radical (unpaired) electrons. The molecule has 2 aromatic heterocycles. The Balaban J connectivity index is 2.03. The Morgan fingerprint density at radius 2 is 2.30 bits per heavy atom. The fourth-order valence-corrected chi connectivity index (χ4v) is 4.90. The van der Waals surface area contributed by atoms with Gasteiger partial charge in [0, 0.05) is 10.6 Å². The third-order valence-electron chi connectivity index (χ3n) is 3.70. The van der Waals surface area contributed by atoms with Gasteiger partial charge in [-0.25, -0.2) is 4.98 Å². The van der Waals surface area contributed by atoms with Gasteiger partial charge in [0.05, 0.1) is 5.39 Å². The normalized spacial score (nSPS) is 18.7. The molecule has 0 saturated carbocycles. The largest absolute Gasteiger partial charge is 0.301 e. The zero-order valence-electron chi connectivity index (χ0n) is 12.2. The second-order valence-electron chi connectivity index (χ2n) is 6.11. The average molecular weight is 308 g/mol. The molecule has 20 heavy (non-hydrogen) atoms. The number of rotatable bonds is 3. The van der Waals surface area contributed by atoms with Crippen LogP contribution in [0.2, 0.25) is 0 Å². The zero-order chi connectivity index (χ0) is 14.3. The van der Waals surface area contributed by atoms with Gasteiger partial charge in [-0.05, 0) is 36.7 Å². The summed E-state index contributed by atoms with van der Waals surface area (Å²) in [5.41, 5.74) is 1.31. The number of nitrogens with zero attached hydrogens (tertiary/aromatic N) is 1. The Morgan fingerprint density at radius 3 is 3.05 bits per heavy atom. The number of hydrogen-bond donors (Lipinski definition) is 1. The van der Waals surface area contributed by atoms with Gasteiger partial charge in [0.15, 0.2) is 5.16 Å². The van der Waals surface area contributed by atoms with Crippen LogP contribution in [-0.2, 0) is 12.8 Å². The molecule has 0 aromatic carbocycles. The van der Waals surface area contributed by atoms with Crippen molar-refractivity contribution >= 4 is 33.3 Å². The van der Waals surface area contributed by atoms with E-state index in [9.17, 15) is 4.79 Å². The monoisotopic (exact) mass is 308 g/mol. The highest BCUT2D eigenvalue weighted by Gasteiger charge is 2.23. The molecular formula is C15H20N2OS2. The van der Waals surface area contributed by atoms with Crippen LogP contribution in [0.25, 0.3) is 10.2 Å². The molecule has 0 fully saturated rings. The molecule has 0 spiro atoms. The number of aromatic amines is 1. The average Bonchev–Trinajstić information content (AvgIpc) is 2.73. The Morgan fingerprint density at radius 1 is 1.50 bits per heavy atom. The lowest BCUT2D eigenvalue weighted by atomic mass is 9.89. The van der Waals surface area contributed by atoms with Crippen LogP contribution < -0.4 is 5.56 Å². The number of nitrogens with one attached hydrogen (secondary N) is 1. The van der Waals surface area contributed by atoms with E-state index in [0.29, 0.717) is 5.92 Å². The molecule has 3 rings (SSSR count). The standard InChI is InChI=1S/C15H20N2OS2/c1-8(2)7-19-15-16-13(18)12-10-5-4-9(3)6-11(10)20-14(12)17-15/h8-9H,4-7H2,1-3H3,(H,16,17,18). The molecule has 1 aliphatic rings. The highest BCUT2D eigenvalue weighted by Crippen LogP contribution is 2.36. The molecule has 1 N–H and O–H groups in total. The van der Waals surface area contributed by atoms with Crippen molar-refractivity contribution in [2.45, 2.75) is 45.2 Å². The first-order valence-electron chi connectivity index (χ1n) is 7.22. The molecule has 1 atom stereocenters. The molecule has 5 heteroatoms. The number of fused-ring (bicyclic) bond motifs is 3. The highest BCUT2D eigenvalue weighted by atomic mass is 32.2. The summed E-state index contributed by atoms with van der Waals surface area (Å²) in [5.74, 6) is 2.30. The van der Waals surface area contributed by atoms with Gasteiger partial charge in [0.1, 0.15) is 4.83 Å². The number of thioether (sulfide) groups is 1. The van der Waals surface area contributed by atoms with Gasteiger partial charge in [-0.15, -0.1) is 11.3 Å². The summed E-state index contributed by atoms with van der Waals surface area (Å²) in [6.45, 7) is 6.64. The number of aromatic nitrogens is 2. The van der Waals surface area contributed by atoms with Gasteiger partial charge in [0.2, 0.25) is 0 Å². The topological polar surface area (TPSA) is 45.8 Å². The molecule has 0 amide bonds. The minimum Gasteiger partial charge on any atom is -0.301 e. The van der Waals surface area contributed by atoms with Gasteiger partial charge in [-0.2, -0.15) is 0 Å². The van der Waals surface area contributed by atoms with Crippen molar-refractivity contribution in [2.75, 3.05) is 5.75 Å². The molecule has 0 aliphatic heterocycles. The van der Waals surface area contributed by atoms with Crippen molar-refractivity contribution in [3.63, 3.8) is 0 Å². The fraction of sp³-hybridized carbons (Fsp3) is 0.600. The number of H-pyrrole nitrogens is 1. The smallest absolute Gasteiger partial charge is 0.260 e. The summed E-state index contributed by atoms with van der Waals surface area (Å²) in [6.07, 6.45) is 3.31. The maximum absolute atomic E-state index is 12.4. The van der Waals surface area contributed by atoms with Crippen molar-refractivity contribution < 1.29 is 0 Å². The van der Waals surface area contributed by atoms with Crippen LogP contribution in [-0.4, -0.2) is 15.7 Å². The van der Waals surface area contributed by atoms with Crippen molar-refractivity contribution in [2.24, 2.45) is 11.8 Å². The highest BCUT2D eigenvalue weighted by molar-refractivity contribution is 7.99. The molecule has 0 bridgehead atoms. The van der Waals surface area contributed by atoms with Gasteiger partial charge in [0.25, 0.3) is 5.56 Å². The van der Waals surface area contributed by atoms with E-state index in [1.165, 1.54) is 16.9 Å². The maximum Gasteiger partial charge on any atom is 0.260 e. The van der Waals surface area contributed by atoms with Crippen molar-refractivity contribution in [3.8, 4) is 0 Å². The van der Waals surface area contributed by atoms with E-state index in [2.05, 4.69) is 30.7 Å². The maximum atomic E-state index is 12.4. The summed E-state index contributed by atoms with van der Waals surface area (Å²) in [4.78, 5) is 22.3. The second-order valence-corrected chi connectivity index (χ2v) is 8.20. The second kappa shape index (κ2) is 5.53. The van der Waals surface area contributed by atoms with Crippen LogP contribution in [0.3, 0.4) is 0 Å². The van der Waals surface area contributed by atoms with Crippen LogP contribution in [0.4, 0.5) is 0 Å². The van der Waals surface area contributed by atoms with Gasteiger partial charge in [-0.3, -0.25) is 4.79 Å². The van der Waals surface area contributed by atoms with Gasteiger partial charge < -0.3 is 4.98 Å². The molecule has 2 aromatic rings. The first-order chi connectivity index (χ1) is 9.54. The fourth-order valence-electron chi connectivity index (χ4n) is 2.64. The minimum absolute atomic E-state index is 0.0494. The van der Waals surface area contributed by atoms with Crippen molar-refractivity contribution in [1.29, 1.82) is 0 Å². The Labute approximate surface area is 127 Å². The lowest BCUT2D eigenvalue weighted by molar-refractivity contribution is 0.509. The quantitative estimate of drug-likeness (QED) is 0.692. The third-order valence-corrected chi connectivity index (χ3v) is 6.15. The molecular weight excluding hydrogens is 288 g/mol. The minimum atomic E-state index is 0.0494. The predicted molar refractivity (Wildman–Crippen MR) is 87.0 cm³/mol. The van der Waals surface area contributed by atoms with E-state index in [1.807, 2.05) is 0 Å². The van der Waals surface area contributed by atoms with E-state index in [4.69, 9.17) is 0 Å². The summed E-state index contributed by atoms with van der Waals surface area (Å²) in [5, 5.41) is 1.62.